The second kappa shape index (κ2) is 9.66. The van der Waals surface area contributed by atoms with E-state index < -0.39 is 6.04 Å². The predicted molar refractivity (Wildman–Crippen MR) is 97.6 cm³/mol. The lowest BCUT2D eigenvalue weighted by molar-refractivity contribution is -0.125. The second-order valence-electron chi connectivity index (χ2n) is 6.09. The first-order valence-corrected chi connectivity index (χ1v) is 8.35. The lowest BCUT2D eigenvalue weighted by Crippen LogP contribution is -2.42. The van der Waals surface area contributed by atoms with E-state index in [0.717, 1.165) is 6.42 Å². The third-order valence-corrected chi connectivity index (χ3v) is 3.54. The van der Waals surface area contributed by atoms with Crippen molar-refractivity contribution in [2.24, 2.45) is 5.92 Å². The fraction of sp³-hybridized carbons (Fsp3) is 0.500. The van der Waals surface area contributed by atoms with E-state index in [4.69, 9.17) is 4.74 Å². The third kappa shape index (κ3) is 6.45. The Morgan fingerprint density at radius 1 is 1.08 bits per heavy atom. The van der Waals surface area contributed by atoms with E-state index in [-0.39, 0.29) is 23.6 Å². The minimum atomic E-state index is -0.627. The van der Waals surface area contributed by atoms with Gasteiger partial charge in [0.05, 0.1) is 18.5 Å². The van der Waals surface area contributed by atoms with E-state index in [1.54, 1.807) is 32.0 Å². The zero-order valence-electron chi connectivity index (χ0n) is 15.4. The zero-order chi connectivity index (χ0) is 19.0. The number of nitrogens with one attached hydrogen (secondary N) is 3. The van der Waals surface area contributed by atoms with Crippen LogP contribution in [0.3, 0.4) is 0 Å². The summed E-state index contributed by atoms with van der Waals surface area (Å²) in [6.07, 6.45) is 1.27. The molecular weight excluding hydrogens is 322 g/mol. The van der Waals surface area contributed by atoms with Gasteiger partial charge in [-0.1, -0.05) is 27.2 Å². The SMILES string of the molecule is CCC[C@H](NC(C)=O)C(=O)Nc1ccc(OC)cc1NC(=O)C(C)C. The molecule has 1 rings (SSSR count). The maximum atomic E-state index is 12.5. The standard InChI is InChI=1S/C18H27N3O4/c1-6-7-15(19-12(4)22)18(24)20-14-9-8-13(25-5)10-16(14)21-17(23)11(2)3/h8-11,15H,6-7H2,1-5H3,(H,19,22)(H,20,24)(H,21,23)/t15-/m0/s1. The highest BCUT2D eigenvalue weighted by molar-refractivity contribution is 6.02. The molecule has 25 heavy (non-hydrogen) atoms. The molecule has 1 atom stereocenters. The van der Waals surface area contributed by atoms with Gasteiger partial charge in [-0.25, -0.2) is 0 Å². The number of hydrogen-bond donors (Lipinski definition) is 3. The lowest BCUT2D eigenvalue weighted by Gasteiger charge is -2.19. The van der Waals surface area contributed by atoms with Crippen LogP contribution in [0.1, 0.15) is 40.5 Å². The number of rotatable bonds is 8. The van der Waals surface area contributed by atoms with Crippen molar-refractivity contribution >= 4 is 29.1 Å². The summed E-state index contributed by atoms with van der Waals surface area (Å²) in [5, 5.41) is 8.19. The number of carbonyl (C=O) groups is 3. The number of methoxy groups -OCH3 is 1. The molecule has 1 aromatic rings. The number of benzene rings is 1. The monoisotopic (exact) mass is 349 g/mol. The third-order valence-electron chi connectivity index (χ3n) is 3.54. The molecule has 0 saturated heterocycles. The minimum Gasteiger partial charge on any atom is -0.497 e. The summed E-state index contributed by atoms with van der Waals surface area (Å²) in [4.78, 5) is 35.8. The molecule has 3 amide bonds. The van der Waals surface area contributed by atoms with Crippen molar-refractivity contribution < 1.29 is 19.1 Å². The molecule has 0 radical (unpaired) electrons. The van der Waals surface area contributed by atoms with Crippen LogP contribution in [-0.4, -0.2) is 30.9 Å². The van der Waals surface area contributed by atoms with Gasteiger partial charge >= 0.3 is 0 Å². The molecule has 0 heterocycles. The van der Waals surface area contributed by atoms with E-state index in [0.29, 0.717) is 23.5 Å². The van der Waals surface area contributed by atoms with Crippen LogP contribution in [0.5, 0.6) is 5.75 Å². The van der Waals surface area contributed by atoms with Crippen LogP contribution in [0.4, 0.5) is 11.4 Å². The van der Waals surface area contributed by atoms with Gasteiger partial charge in [0.25, 0.3) is 0 Å². The molecule has 0 unspecified atom stereocenters. The maximum absolute atomic E-state index is 12.5. The fourth-order valence-corrected chi connectivity index (χ4v) is 2.16. The summed E-state index contributed by atoms with van der Waals surface area (Å²) in [6.45, 7) is 6.87. The van der Waals surface area contributed by atoms with Gasteiger partial charge in [-0.05, 0) is 18.6 Å². The van der Waals surface area contributed by atoms with E-state index in [1.165, 1.54) is 14.0 Å². The zero-order valence-corrected chi connectivity index (χ0v) is 15.4. The van der Waals surface area contributed by atoms with Crippen LogP contribution < -0.4 is 20.7 Å². The highest BCUT2D eigenvalue weighted by Gasteiger charge is 2.20. The van der Waals surface area contributed by atoms with Crippen LogP contribution in [0.25, 0.3) is 0 Å². The Bertz CT molecular complexity index is 629. The molecule has 7 nitrogen and oxygen atoms in total. The predicted octanol–water partition coefficient (Wildman–Crippen LogP) is 2.53. The number of carbonyl (C=O) groups excluding carboxylic acids is 3. The summed E-state index contributed by atoms with van der Waals surface area (Å²) in [6, 6.07) is 4.36. The van der Waals surface area contributed by atoms with Gasteiger partial charge in [-0.3, -0.25) is 14.4 Å². The molecule has 0 fully saturated rings. The Kier molecular flexibility index (Phi) is 7.91. The molecule has 0 aliphatic carbocycles. The van der Waals surface area contributed by atoms with Crippen molar-refractivity contribution in [3.05, 3.63) is 18.2 Å². The van der Waals surface area contributed by atoms with Crippen LogP contribution >= 0.6 is 0 Å². The van der Waals surface area contributed by atoms with Crippen molar-refractivity contribution in [1.82, 2.24) is 5.32 Å². The van der Waals surface area contributed by atoms with Gasteiger partial charge in [0.1, 0.15) is 11.8 Å². The van der Waals surface area contributed by atoms with E-state index in [9.17, 15) is 14.4 Å². The van der Waals surface area contributed by atoms with Gasteiger partial charge in [0.15, 0.2) is 0 Å². The quantitative estimate of drug-likeness (QED) is 0.672. The summed E-state index contributed by atoms with van der Waals surface area (Å²) < 4.78 is 5.17. The van der Waals surface area contributed by atoms with Gasteiger partial charge in [0.2, 0.25) is 17.7 Å². The van der Waals surface area contributed by atoms with E-state index in [2.05, 4.69) is 16.0 Å². The first kappa shape index (κ1) is 20.5. The Morgan fingerprint density at radius 3 is 2.24 bits per heavy atom. The Morgan fingerprint density at radius 2 is 1.72 bits per heavy atom. The van der Waals surface area contributed by atoms with Gasteiger partial charge < -0.3 is 20.7 Å². The molecule has 0 aliphatic rings. The first-order valence-electron chi connectivity index (χ1n) is 8.35. The summed E-state index contributed by atoms with van der Waals surface area (Å²) in [7, 11) is 1.52. The van der Waals surface area contributed by atoms with Crippen molar-refractivity contribution in [2.75, 3.05) is 17.7 Å². The molecule has 3 N–H and O–H groups in total. The largest absolute Gasteiger partial charge is 0.497 e. The number of hydrogen-bond acceptors (Lipinski definition) is 4. The Labute approximate surface area is 148 Å². The number of ether oxygens (including phenoxy) is 1. The highest BCUT2D eigenvalue weighted by Crippen LogP contribution is 2.28. The topological polar surface area (TPSA) is 96.5 Å². The van der Waals surface area contributed by atoms with Crippen molar-refractivity contribution in [2.45, 2.75) is 46.6 Å². The van der Waals surface area contributed by atoms with Crippen LogP contribution in [0.2, 0.25) is 0 Å². The number of amides is 3. The normalized spacial score (nSPS) is 11.6. The molecule has 7 heteroatoms. The molecular formula is C18H27N3O4. The summed E-state index contributed by atoms with van der Waals surface area (Å²) in [5.74, 6) is -0.416. The van der Waals surface area contributed by atoms with Crippen molar-refractivity contribution in [3.8, 4) is 5.75 Å². The molecule has 0 spiro atoms. The van der Waals surface area contributed by atoms with Crippen LogP contribution in [0, 0.1) is 5.92 Å². The van der Waals surface area contributed by atoms with Crippen LogP contribution in [-0.2, 0) is 14.4 Å². The smallest absolute Gasteiger partial charge is 0.247 e. The molecule has 0 saturated carbocycles. The maximum Gasteiger partial charge on any atom is 0.247 e. The molecule has 0 aromatic heterocycles. The molecule has 138 valence electrons. The Hall–Kier alpha value is -2.57. The summed E-state index contributed by atoms with van der Waals surface area (Å²) in [5.41, 5.74) is 0.899. The van der Waals surface area contributed by atoms with Gasteiger partial charge in [-0.2, -0.15) is 0 Å². The van der Waals surface area contributed by atoms with E-state index >= 15 is 0 Å². The Balaban J connectivity index is 3.03. The van der Waals surface area contributed by atoms with Gasteiger partial charge in [0, 0.05) is 18.9 Å². The average Bonchev–Trinajstić information content (AvgIpc) is 2.55. The summed E-state index contributed by atoms with van der Waals surface area (Å²) >= 11 is 0. The second-order valence-corrected chi connectivity index (χ2v) is 6.09. The minimum absolute atomic E-state index is 0.171. The van der Waals surface area contributed by atoms with Crippen molar-refractivity contribution in [1.29, 1.82) is 0 Å². The molecule has 1 aromatic carbocycles. The molecule has 0 bridgehead atoms. The average molecular weight is 349 g/mol. The van der Waals surface area contributed by atoms with Gasteiger partial charge in [-0.15, -0.1) is 0 Å². The van der Waals surface area contributed by atoms with Crippen LogP contribution in [0.15, 0.2) is 18.2 Å². The number of anilines is 2. The first-order chi connectivity index (χ1) is 11.8. The molecule has 0 aliphatic heterocycles. The lowest BCUT2D eigenvalue weighted by atomic mass is 10.1. The van der Waals surface area contributed by atoms with E-state index in [1.807, 2.05) is 6.92 Å². The fourth-order valence-electron chi connectivity index (χ4n) is 2.16. The highest BCUT2D eigenvalue weighted by atomic mass is 16.5. The van der Waals surface area contributed by atoms with Crippen molar-refractivity contribution in [3.63, 3.8) is 0 Å².